The van der Waals surface area contributed by atoms with Gasteiger partial charge >= 0.3 is 5.97 Å². The largest absolute Gasteiger partial charge is 0.467 e. The standard InChI is InChI=1S/C14H15BrClN3O2/c1-3-19-8-17-7-12(19)13(14(20)21-2)18-9-4-5-11(16)10(15)6-9/h4-8,13,18H,3H2,1-2H3. The fourth-order valence-electron chi connectivity index (χ4n) is 1.96. The molecule has 0 spiro atoms. The first-order valence-electron chi connectivity index (χ1n) is 6.36. The monoisotopic (exact) mass is 371 g/mol. The summed E-state index contributed by atoms with van der Waals surface area (Å²) in [5, 5.41) is 3.76. The predicted octanol–water partition coefficient (Wildman–Crippen LogP) is 3.65. The van der Waals surface area contributed by atoms with Crippen LogP contribution in [-0.4, -0.2) is 22.6 Å². The Bertz CT molecular complexity index is 645. The Morgan fingerprint density at radius 2 is 2.33 bits per heavy atom. The van der Waals surface area contributed by atoms with E-state index in [4.69, 9.17) is 16.3 Å². The number of ether oxygens (including phenoxy) is 1. The molecule has 21 heavy (non-hydrogen) atoms. The molecule has 0 saturated heterocycles. The Balaban J connectivity index is 2.33. The zero-order valence-electron chi connectivity index (χ0n) is 11.6. The van der Waals surface area contributed by atoms with E-state index in [1.807, 2.05) is 17.6 Å². The Hall–Kier alpha value is -1.53. The van der Waals surface area contributed by atoms with Crippen molar-refractivity contribution in [2.45, 2.75) is 19.5 Å². The molecule has 1 aromatic carbocycles. The Labute approximate surface area is 136 Å². The van der Waals surface area contributed by atoms with E-state index < -0.39 is 6.04 Å². The minimum Gasteiger partial charge on any atom is -0.467 e. The zero-order valence-corrected chi connectivity index (χ0v) is 14.0. The van der Waals surface area contributed by atoms with Gasteiger partial charge in [0, 0.05) is 16.7 Å². The van der Waals surface area contributed by atoms with E-state index in [1.54, 1.807) is 24.7 Å². The summed E-state index contributed by atoms with van der Waals surface area (Å²) < 4.78 is 7.52. The van der Waals surface area contributed by atoms with E-state index in [0.717, 1.165) is 22.4 Å². The third-order valence-electron chi connectivity index (χ3n) is 3.05. The van der Waals surface area contributed by atoms with E-state index in [1.165, 1.54) is 7.11 Å². The number of carbonyl (C=O) groups excluding carboxylic acids is 1. The van der Waals surface area contributed by atoms with Gasteiger partial charge in [0.1, 0.15) is 0 Å². The van der Waals surface area contributed by atoms with Crippen molar-refractivity contribution in [2.24, 2.45) is 0 Å². The average Bonchev–Trinajstić information content (AvgIpc) is 2.95. The number of nitrogens with one attached hydrogen (secondary N) is 1. The first-order valence-corrected chi connectivity index (χ1v) is 7.53. The van der Waals surface area contributed by atoms with Crippen molar-refractivity contribution in [1.29, 1.82) is 0 Å². The number of benzene rings is 1. The summed E-state index contributed by atoms with van der Waals surface area (Å²) in [6.45, 7) is 2.70. The van der Waals surface area contributed by atoms with Gasteiger partial charge in [0.2, 0.25) is 0 Å². The molecule has 0 radical (unpaired) electrons. The van der Waals surface area contributed by atoms with Crippen LogP contribution < -0.4 is 5.32 Å². The van der Waals surface area contributed by atoms with Crippen LogP contribution in [0.4, 0.5) is 5.69 Å². The first-order chi connectivity index (χ1) is 10.1. The highest BCUT2D eigenvalue weighted by Gasteiger charge is 2.24. The number of aryl methyl sites for hydroxylation is 1. The summed E-state index contributed by atoms with van der Waals surface area (Å²) in [6, 6.07) is 4.73. The molecule has 112 valence electrons. The summed E-state index contributed by atoms with van der Waals surface area (Å²) in [4.78, 5) is 16.2. The maximum Gasteiger partial charge on any atom is 0.334 e. The molecule has 1 heterocycles. The molecule has 0 fully saturated rings. The fourth-order valence-corrected chi connectivity index (χ4v) is 2.46. The van der Waals surface area contributed by atoms with Crippen molar-refractivity contribution in [2.75, 3.05) is 12.4 Å². The number of methoxy groups -OCH3 is 1. The molecular formula is C14H15BrClN3O2. The van der Waals surface area contributed by atoms with Crippen LogP contribution in [0.2, 0.25) is 5.02 Å². The van der Waals surface area contributed by atoms with Crippen LogP contribution in [0.15, 0.2) is 35.2 Å². The molecule has 7 heteroatoms. The molecule has 1 N–H and O–H groups in total. The van der Waals surface area contributed by atoms with Gasteiger partial charge in [-0.1, -0.05) is 11.6 Å². The lowest BCUT2D eigenvalue weighted by molar-refractivity contribution is -0.141. The quantitative estimate of drug-likeness (QED) is 0.814. The number of carbonyl (C=O) groups is 1. The number of rotatable bonds is 5. The van der Waals surface area contributed by atoms with Crippen LogP contribution in [0.5, 0.6) is 0 Å². The van der Waals surface area contributed by atoms with Crippen molar-refractivity contribution in [3.63, 3.8) is 0 Å². The topological polar surface area (TPSA) is 56.2 Å². The van der Waals surface area contributed by atoms with Gasteiger partial charge in [-0.15, -0.1) is 0 Å². The molecule has 1 aromatic heterocycles. The Kier molecular flexibility index (Phi) is 5.25. The maximum atomic E-state index is 12.1. The molecule has 0 aliphatic carbocycles. The second kappa shape index (κ2) is 6.95. The van der Waals surface area contributed by atoms with Crippen LogP contribution in [0.25, 0.3) is 0 Å². The molecule has 2 rings (SSSR count). The average molecular weight is 373 g/mol. The molecule has 0 saturated carbocycles. The number of hydrogen-bond donors (Lipinski definition) is 1. The molecule has 0 amide bonds. The molecule has 2 aromatic rings. The molecule has 1 unspecified atom stereocenters. The van der Waals surface area contributed by atoms with Gasteiger partial charge in [0.15, 0.2) is 6.04 Å². The predicted molar refractivity (Wildman–Crippen MR) is 85.4 cm³/mol. The lowest BCUT2D eigenvalue weighted by Gasteiger charge is -2.19. The second-order valence-electron chi connectivity index (χ2n) is 4.33. The number of anilines is 1. The second-order valence-corrected chi connectivity index (χ2v) is 5.60. The summed E-state index contributed by atoms with van der Waals surface area (Å²) >= 11 is 9.34. The lowest BCUT2D eigenvalue weighted by Crippen LogP contribution is -2.24. The van der Waals surface area contributed by atoms with Gasteiger partial charge in [0.05, 0.1) is 30.4 Å². The maximum absolute atomic E-state index is 12.1. The normalized spacial score (nSPS) is 12.0. The number of halogens is 2. The number of hydrogen-bond acceptors (Lipinski definition) is 4. The smallest absolute Gasteiger partial charge is 0.334 e. The number of aromatic nitrogens is 2. The number of nitrogens with zero attached hydrogens (tertiary/aromatic N) is 2. The van der Waals surface area contributed by atoms with Crippen molar-refractivity contribution >= 4 is 39.2 Å². The number of imidazole rings is 1. The van der Waals surface area contributed by atoms with Gasteiger partial charge < -0.3 is 14.6 Å². The van der Waals surface area contributed by atoms with Crippen molar-refractivity contribution in [3.05, 3.63) is 45.9 Å². The van der Waals surface area contributed by atoms with Gasteiger partial charge in [-0.3, -0.25) is 0 Å². The van der Waals surface area contributed by atoms with Crippen LogP contribution in [-0.2, 0) is 16.1 Å². The van der Waals surface area contributed by atoms with Crippen LogP contribution in [0.3, 0.4) is 0 Å². The highest BCUT2D eigenvalue weighted by molar-refractivity contribution is 9.10. The minimum absolute atomic E-state index is 0.378. The third-order valence-corrected chi connectivity index (χ3v) is 4.26. The van der Waals surface area contributed by atoms with Crippen LogP contribution in [0, 0.1) is 0 Å². The summed E-state index contributed by atoms with van der Waals surface area (Å²) in [6.07, 6.45) is 3.34. The number of esters is 1. The van der Waals surface area contributed by atoms with Crippen molar-refractivity contribution in [3.8, 4) is 0 Å². The highest BCUT2D eigenvalue weighted by Crippen LogP contribution is 2.28. The van der Waals surface area contributed by atoms with Crippen LogP contribution >= 0.6 is 27.5 Å². The fraction of sp³-hybridized carbons (Fsp3) is 0.286. The molecule has 5 nitrogen and oxygen atoms in total. The van der Waals surface area contributed by atoms with Crippen LogP contribution in [0.1, 0.15) is 18.7 Å². The molecule has 1 atom stereocenters. The first kappa shape index (κ1) is 15.9. The molecular weight excluding hydrogens is 358 g/mol. The van der Waals surface area contributed by atoms with E-state index in [2.05, 4.69) is 26.2 Å². The van der Waals surface area contributed by atoms with Gasteiger partial charge in [-0.2, -0.15) is 0 Å². The van der Waals surface area contributed by atoms with E-state index in [9.17, 15) is 4.79 Å². The Morgan fingerprint density at radius 1 is 1.57 bits per heavy atom. The van der Waals surface area contributed by atoms with E-state index >= 15 is 0 Å². The molecule has 0 aliphatic rings. The van der Waals surface area contributed by atoms with E-state index in [-0.39, 0.29) is 5.97 Å². The molecule has 0 aliphatic heterocycles. The van der Waals surface area contributed by atoms with Gasteiger partial charge in [0.25, 0.3) is 0 Å². The van der Waals surface area contributed by atoms with Gasteiger partial charge in [-0.25, -0.2) is 9.78 Å². The lowest BCUT2D eigenvalue weighted by atomic mass is 10.2. The Morgan fingerprint density at radius 3 is 2.95 bits per heavy atom. The minimum atomic E-state index is -0.634. The van der Waals surface area contributed by atoms with E-state index in [0.29, 0.717) is 5.02 Å². The summed E-state index contributed by atoms with van der Waals surface area (Å²) in [5.41, 5.74) is 1.50. The van der Waals surface area contributed by atoms with Crippen molar-refractivity contribution in [1.82, 2.24) is 9.55 Å². The summed E-state index contributed by atoms with van der Waals surface area (Å²) in [5.74, 6) is -0.378. The third kappa shape index (κ3) is 3.57. The van der Waals surface area contributed by atoms with Crippen molar-refractivity contribution < 1.29 is 9.53 Å². The highest BCUT2D eigenvalue weighted by atomic mass is 79.9. The zero-order chi connectivity index (χ0) is 15.4. The summed E-state index contributed by atoms with van der Waals surface area (Å²) in [7, 11) is 1.36. The molecule has 0 bridgehead atoms. The van der Waals surface area contributed by atoms with Gasteiger partial charge in [-0.05, 0) is 41.1 Å². The SMILES string of the molecule is CCn1cncc1C(Nc1ccc(Cl)c(Br)c1)C(=O)OC.